The molecule has 0 aromatic heterocycles. The van der Waals surface area contributed by atoms with Gasteiger partial charge in [0.1, 0.15) is 0 Å². The largest absolute Gasteiger partial charge is 0.309 e. The Kier molecular flexibility index (Phi) is 6.09. The lowest BCUT2D eigenvalue weighted by molar-refractivity contribution is 0.417. The van der Waals surface area contributed by atoms with E-state index in [2.05, 4.69) is 85.9 Å². The summed E-state index contributed by atoms with van der Waals surface area (Å²) in [5.74, 6) is 0. The second-order valence-electron chi connectivity index (χ2n) is 5.31. The van der Waals surface area contributed by atoms with Crippen LogP contribution < -0.4 is 0 Å². The van der Waals surface area contributed by atoms with Gasteiger partial charge in [0.2, 0.25) is 0 Å². The van der Waals surface area contributed by atoms with Crippen LogP contribution in [0, 0.1) is 0 Å². The van der Waals surface area contributed by atoms with Gasteiger partial charge in [-0.05, 0) is 55.6 Å². The van der Waals surface area contributed by atoms with Crippen LogP contribution in [0.3, 0.4) is 0 Å². The molecule has 0 saturated carbocycles. The van der Waals surface area contributed by atoms with Crippen molar-refractivity contribution in [2.24, 2.45) is 0 Å². The average Bonchev–Trinajstić information content (AvgIpc) is 2.52. The molecule has 0 N–H and O–H groups in total. The Morgan fingerprint density at radius 1 is 1.00 bits per heavy atom. The van der Waals surface area contributed by atoms with Crippen LogP contribution in [0.5, 0.6) is 0 Å². The van der Waals surface area contributed by atoms with Crippen molar-refractivity contribution in [2.45, 2.75) is 11.3 Å². The molecule has 2 rings (SSSR count). The van der Waals surface area contributed by atoms with Gasteiger partial charge in [-0.1, -0.05) is 48.5 Å². The molecule has 0 amide bonds. The smallest absolute Gasteiger partial charge is 0.00752 e. The van der Waals surface area contributed by atoms with Gasteiger partial charge in [0.15, 0.2) is 0 Å². The van der Waals surface area contributed by atoms with E-state index >= 15 is 0 Å². The first-order chi connectivity index (χ1) is 10.2. The van der Waals surface area contributed by atoms with Gasteiger partial charge in [-0.2, -0.15) is 0 Å². The molecule has 110 valence electrons. The lowest BCUT2D eigenvalue weighted by Crippen LogP contribution is -2.12. The van der Waals surface area contributed by atoms with Gasteiger partial charge < -0.3 is 4.90 Å². The highest BCUT2D eigenvalue weighted by molar-refractivity contribution is 7.98. The maximum atomic E-state index is 2.36. The van der Waals surface area contributed by atoms with Crippen molar-refractivity contribution in [1.82, 2.24) is 4.90 Å². The first-order valence-electron chi connectivity index (χ1n) is 7.25. The fourth-order valence-electron chi connectivity index (χ4n) is 2.28. The van der Waals surface area contributed by atoms with E-state index in [1.54, 1.807) is 11.8 Å². The molecule has 2 heteroatoms. The highest BCUT2D eigenvalue weighted by atomic mass is 32.2. The third-order valence-electron chi connectivity index (χ3n) is 3.39. The molecule has 0 spiro atoms. The van der Waals surface area contributed by atoms with Gasteiger partial charge in [0.25, 0.3) is 0 Å². The topological polar surface area (TPSA) is 3.24 Å². The second kappa shape index (κ2) is 8.06. The van der Waals surface area contributed by atoms with Gasteiger partial charge in [0.05, 0.1) is 0 Å². The van der Waals surface area contributed by atoms with E-state index in [-0.39, 0.29) is 0 Å². The minimum atomic E-state index is 1.06. The Balaban J connectivity index is 2.35. The number of nitrogens with zero attached hydrogens (tertiary/aromatic N) is 1. The van der Waals surface area contributed by atoms with Crippen molar-refractivity contribution in [1.29, 1.82) is 0 Å². The van der Waals surface area contributed by atoms with E-state index in [9.17, 15) is 0 Å². The van der Waals surface area contributed by atoms with Crippen LogP contribution >= 0.6 is 11.8 Å². The maximum Gasteiger partial charge on any atom is 0.00752 e. The van der Waals surface area contributed by atoms with Crippen LogP contribution in [0.1, 0.15) is 17.5 Å². The van der Waals surface area contributed by atoms with E-state index in [0.717, 1.165) is 13.0 Å². The Bertz CT molecular complexity index is 588. The zero-order valence-electron chi connectivity index (χ0n) is 13.0. The van der Waals surface area contributed by atoms with Crippen molar-refractivity contribution >= 4 is 17.3 Å². The maximum absolute atomic E-state index is 2.36. The molecule has 0 aliphatic rings. The zero-order chi connectivity index (χ0) is 15.1. The Hall–Kier alpha value is -1.51. The van der Waals surface area contributed by atoms with Crippen LogP contribution in [0.15, 0.2) is 65.6 Å². The number of rotatable bonds is 6. The second-order valence-corrected chi connectivity index (χ2v) is 6.19. The predicted molar refractivity (Wildman–Crippen MR) is 94.9 cm³/mol. The molecule has 1 nitrogen and oxygen atoms in total. The molecule has 0 aliphatic heterocycles. The van der Waals surface area contributed by atoms with Crippen molar-refractivity contribution in [2.75, 3.05) is 26.9 Å². The van der Waals surface area contributed by atoms with Crippen LogP contribution in [-0.4, -0.2) is 31.8 Å². The summed E-state index contributed by atoms with van der Waals surface area (Å²) in [6, 6.07) is 19.4. The average molecular weight is 297 g/mol. The minimum Gasteiger partial charge on any atom is -0.309 e. The standard InChI is InChI=1S/C19H23NS/c1-20(2)14-8-13-19(16-9-5-4-6-10-16)17-11-7-12-18(15-17)21-3/h4-7,9-13,15H,8,14H2,1-3H3/b19-13+. The summed E-state index contributed by atoms with van der Waals surface area (Å²) < 4.78 is 0. The molecular weight excluding hydrogens is 274 g/mol. The van der Waals surface area contributed by atoms with Gasteiger partial charge in [0, 0.05) is 11.4 Å². The van der Waals surface area contributed by atoms with Crippen LogP contribution in [-0.2, 0) is 0 Å². The lowest BCUT2D eigenvalue weighted by atomic mass is 9.97. The van der Waals surface area contributed by atoms with Gasteiger partial charge in [-0.15, -0.1) is 11.8 Å². The number of thioether (sulfide) groups is 1. The summed E-state index contributed by atoms with van der Waals surface area (Å²) in [5, 5.41) is 0. The minimum absolute atomic E-state index is 1.06. The molecule has 0 bridgehead atoms. The molecule has 0 atom stereocenters. The Morgan fingerprint density at radius 2 is 1.71 bits per heavy atom. The fraction of sp³-hybridized carbons (Fsp3) is 0.263. The highest BCUT2D eigenvalue weighted by Crippen LogP contribution is 2.27. The normalized spacial score (nSPS) is 11.9. The number of benzene rings is 2. The third kappa shape index (κ3) is 4.76. The van der Waals surface area contributed by atoms with Crippen molar-refractivity contribution < 1.29 is 0 Å². The highest BCUT2D eigenvalue weighted by Gasteiger charge is 2.05. The van der Waals surface area contributed by atoms with Crippen LogP contribution in [0.4, 0.5) is 0 Å². The summed E-state index contributed by atoms with van der Waals surface area (Å²) >= 11 is 1.79. The van der Waals surface area contributed by atoms with E-state index in [1.165, 1.54) is 21.6 Å². The Morgan fingerprint density at radius 3 is 2.38 bits per heavy atom. The molecule has 2 aromatic rings. The number of hydrogen-bond acceptors (Lipinski definition) is 2. The summed E-state index contributed by atoms with van der Waals surface area (Å²) in [6.45, 7) is 1.07. The monoisotopic (exact) mass is 297 g/mol. The lowest BCUT2D eigenvalue weighted by Gasteiger charge is -2.12. The molecule has 0 aliphatic carbocycles. The SMILES string of the molecule is CSc1cccc(/C(=C/CCN(C)C)c2ccccc2)c1. The van der Waals surface area contributed by atoms with E-state index in [4.69, 9.17) is 0 Å². The zero-order valence-corrected chi connectivity index (χ0v) is 13.9. The summed E-state index contributed by atoms with van der Waals surface area (Å²) in [4.78, 5) is 3.53. The van der Waals surface area contributed by atoms with Gasteiger partial charge in [-0.3, -0.25) is 0 Å². The molecule has 21 heavy (non-hydrogen) atoms. The third-order valence-corrected chi connectivity index (χ3v) is 4.12. The van der Waals surface area contributed by atoms with Crippen molar-refractivity contribution in [3.63, 3.8) is 0 Å². The van der Waals surface area contributed by atoms with E-state index < -0.39 is 0 Å². The molecule has 2 aromatic carbocycles. The van der Waals surface area contributed by atoms with Gasteiger partial charge in [-0.25, -0.2) is 0 Å². The summed E-state index contributed by atoms with van der Waals surface area (Å²) in [7, 11) is 4.23. The molecule has 0 saturated heterocycles. The first-order valence-corrected chi connectivity index (χ1v) is 8.48. The molecule has 0 fully saturated rings. The van der Waals surface area contributed by atoms with Crippen LogP contribution in [0.25, 0.3) is 5.57 Å². The van der Waals surface area contributed by atoms with Crippen LogP contribution in [0.2, 0.25) is 0 Å². The van der Waals surface area contributed by atoms with E-state index in [1.807, 2.05) is 0 Å². The predicted octanol–water partition coefficient (Wildman–Crippen LogP) is 4.79. The van der Waals surface area contributed by atoms with E-state index in [0.29, 0.717) is 0 Å². The summed E-state index contributed by atoms with van der Waals surface area (Å²) in [5.41, 5.74) is 3.91. The summed E-state index contributed by atoms with van der Waals surface area (Å²) in [6.07, 6.45) is 5.53. The molecule has 0 heterocycles. The van der Waals surface area contributed by atoms with Crippen molar-refractivity contribution in [3.8, 4) is 0 Å². The molecular formula is C19H23NS. The first kappa shape index (κ1) is 15.9. The van der Waals surface area contributed by atoms with Gasteiger partial charge >= 0.3 is 0 Å². The quantitative estimate of drug-likeness (QED) is 0.705. The fourth-order valence-corrected chi connectivity index (χ4v) is 2.74. The Labute approximate surface area is 132 Å². The van der Waals surface area contributed by atoms with Crippen molar-refractivity contribution in [3.05, 3.63) is 71.8 Å². The number of hydrogen-bond donors (Lipinski definition) is 0. The molecule has 0 radical (unpaired) electrons. The molecule has 0 unspecified atom stereocenters.